The van der Waals surface area contributed by atoms with Crippen molar-refractivity contribution in [2.24, 2.45) is 0 Å². The maximum absolute atomic E-state index is 11.1. The molecule has 0 fully saturated rings. The van der Waals surface area contributed by atoms with Gasteiger partial charge in [0.2, 0.25) is 0 Å². The number of carboxylic acids is 1. The molecule has 0 aliphatic rings. The van der Waals surface area contributed by atoms with Crippen LogP contribution in [0, 0.1) is 20.2 Å². The van der Waals surface area contributed by atoms with E-state index in [2.05, 4.69) is 5.32 Å². The van der Waals surface area contributed by atoms with E-state index >= 15 is 0 Å². The van der Waals surface area contributed by atoms with Crippen molar-refractivity contribution in [2.75, 3.05) is 25.6 Å². The maximum Gasteiger partial charge on any atom is 0.338 e. The summed E-state index contributed by atoms with van der Waals surface area (Å²) in [6, 6.07) is 1.48. The van der Waals surface area contributed by atoms with Crippen LogP contribution in [0.2, 0.25) is 0 Å². The lowest BCUT2D eigenvalue weighted by Gasteiger charge is -2.09. The first-order valence-electron chi connectivity index (χ1n) is 5.31. The number of non-ortho nitro benzene ring substituents is 1. The highest BCUT2D eigenvalue weighted by Crippen LogP contribution is 2.33. The van der Waals surface area contributed by atoms with Crippen LogP contribution in [0.4, 0.5) is 17.1 Å². The fourth-order valence-electron chi connectivity index (χ4n) is 1.49. The molecular formula is C10H11N3O7. The van der Waals surface area contributed by atoms with Crippen LogP contribution in [-0.2, 0) is 4.74 Å². The van der Waals surface area contributed by atoms with Crippen LogP contribution in [0.1, 0.15) is 10.4 Å². The van der Waals surface area contributed by atoms with Crippen molar-refractivity contribution in [1.82, 2.24) is 0 Å². The standard InChI is InChI=1S/C10H11N3O7/c1-20-3-2-11-9-7(10(14)15)4-6(12(16)17)5-8(9)13(18)19/h4-5,11H,2-3H2,1H3,(H,14,15). The number of nitro benzene ring substituents is 2. The van der Waals surface area contributed by atoms with Crippen molar-refractivity contribution in [3.05, 3.63) is 37.9 Å². The molecule has 0 heterocycles. The molecule has 0 aliphatic carbocycles. The number of carbonyl (C=O) groups is 1. The van der Waals surface area contributed by atoms with Gasteiger partial charge in [0.05, 0.1) is 28.1 Å². The molecule has 0 amide bonds. The molecule has 0 saturated heterocycles. The highest BCUT2D eigenvalue weighted by atomic mass is 16.6. The molecule has 0 bridgehead atoms. The van der Waals surface area contributed by atoms with Gasteiger partial charge in [-0.3, -0.25) is 20.2 Å². The lowest BCUT2D eigenvalue weighted by atomic mass is 10.1. The van der Waals surface area contributed by atoms with Crippen molar-refractivity contribution in [2.45, 2.75) is 0 Å². The van der Waals surface area contributed by atoms with Gasteiger partial charge in [0.25, 0.3) is 11.4 Å². The zero-order valence-corrected chi connectivity index (χ0v) is 10.4. The molecule has 0 saturated carbocycles. The van der Waals surface area contributed by atoms with Gasteiger partial charge in [-0.25, -0.2) is 4.79 Å². The molecule has 20 heavy (non-hydrogen) atoms. The van der Waals surface area contributed by atoms with Gasteiger partial charge in [-0.05, 0) is 0 Å². The average Bonchev–Trinajstić information content (AvgIpc) is 2.37. The number of hydrogen-bond acceptors (Lipinski definition) is 7. The van der Waals surface area contributed by atoms with Crippen LogP contribution in [0.25, 0.3) is 0 Å². The van der Waals surface area contributed by atoms with Gasteiger partial charge < -0.3 is 15.2 Å². The summed E-state index contributed by atoms with van der Waals surface area (Å²) in [5.74, 6) is -1.50. The molecule has 2 N–H and O–H groups in total. The Bertz CT molecular complexity index is 523. The minimum Gasteiger partial charge on any atom is -0.478 e. The Hall–Kier alpha value is -2.75. The van der Waals surface area contributed by atoms with Gasteiger partial charge in [-0.1, -0.05) is 0 Å². The van der Waals surface area contributed by atoms with Crippen molar-refractivity contribution >= 4 is 23.0 Å². The van der Waals surface area contributed by atoms with Crippen molar-refractivity contribution in [3.8, 4) is 0 Å². The number of nitrogens with zero attached hydrogens (tertiary/aromatic N) is 2. The van der Waals surface area contributed by atoms with E-state index in [4.69, 9.17) is 9.84 Å². The SMILES string of the molecule is COCCNc1c(C(=O)O)cc([N+](=O)[O-])cc1[N+](=O)[O-]. The normalized spacial score (nSPS) is 10.1. The van der Waals surface area contributed by atoms with E-state index in [-0.39, 0.29) is 18.8 Å². The first kappa shape index (κ1) is 15.3. The van der Waals surface area contributed by atoms with Gasteiger partial charge in [0.1, 0.15) is 5.69 Å². The van der Waals surface area contributed by atoms with E-state index in [1.54, 1.807) is 0 Å². The van der Waals surface area contributed by atoms with Gasteiger partial charge in [0.15, 0.2) is 0 Å². The Balaban J connectivity index is 3.39. The van der Waals surface area contributed by atoms with E-state index in [0.717, 1.165) is 6.07 Å². The molecule has 0 aromatic heterocycles. The smallest absolute Gasteiger partial charge is 0.338 e. The molecule has 0 aliphatic heterocycles. The molecule has 10 heteroatoms. The third-order valence-electron chi connectivity index (χ3n) is 2.35. The minimum absolute atomic E-state index is 0.120. The number of anilines is 1. The van der Waals surface area contributed by atoms with Gasteiger partial charge in [0, 0.05) is 19.7 Å². The number of hydrogen-bond donors (Lipinski definition) is 2. The molecular weight excluding hydrogens is 274 g/mol. The number of ether oxygens (including phenoxy) is 1. The fraction of sp³-hybridized carbons (Fsp3) is 0.300. The number of carboxylic acid groups (broad SMARTS) is 1. The van der Waals surface area contributed by atoms with Crippen LogP contribution in [0.5, 0.6) is 0 Å². The van der Waals surface area contributed by atoms with Crippen LogP contribution in [-0.4, -0.2) is 41.2 Å². The van der Waals surface area contributed by atoms with Crippen LogP contribution < -0.4 is 5.32 Å². The summed E-state index contributed by atoms with van der Waals surface area (Å²) < 4.78 is 4.74. The second-order valence-electron chi connectivity index (χ2n) is 3.63. The number of nitro groups is 2. The van der Waals surface area contributed by atoms with Crippen molar-refractivity contribution in [3.63, 3.8) is 0 Å². The summed E-state index contributed by atoms with van der Waals surface area (Å²) in [4.78, 5) is 30.9. The second-order valence-corrected chi connectivity index (χ2v) is 3.63. The zero-order chi connectivity index (χ0) is 15.3. The van der Waals surface area contributed by atoms with Crippen molar-refractivity contribution in [1.29, 1.82) is 0 Å². The van der Waals surface area contributed by atoms with Gasteiger partial charge >= 0.3 is 5.97 Å². The topological polar surface area (TPSA) is 145 Å². The number of benzene rings is 1. The predicted octanol–water partition coefficient (Wildman–Crippen LogP) is 1.26. The predicted molar refractivity (Wildman–Crippen MR) is 67.1 cm³/mol. The monoisotopic (exact) mass is 285 g/mol. The summed E-state index contributed by atoms with van der Waals surface area (Å²) in [5, 5.41) is 33.2. The van der Waals surface area contributed by atoms with Crippen molar-refractivity contribution < 1.29 is 24.5 Å². The summed E-state index contributed by atoms with van der Waals surface area (Å²) in [6.45, 7) is 0.308. The Morgan fingerprint density at radius 1 is 1.35 bits per heavy atom. The number of nitrogens with one attached hydrogen (secondary N) is 1. The highest BCUT2D eigenvalue weighted by Gasteiger charge is 2.27. The lowest BCUT2D eigenvalue weighted by molar-refractivity contribution is -0.393. The van der Waals surface area contributed by atoms with E-state index in [1.807, 2.05) is 0 Å². The molecule has 0 spiro atoms. The summed E-state index contributed by atoms with van der Waals surface area (Å²) >= 11 is 0. The molecule has 0 atom stereocenters. The van der Waals surface area contributed by atoms with E-state index in [1.165, 1.54) is 7.11 Å². The van der Waals surface area contributed by atoms with Crippen LogP contribution >= 0.6 is 0 Å². The highest BCUT2D eigenvalue weighted by molar-refractivity contribution is 5.98. The van der Waals surface area contributed by atoms with E-state index in [0.29, 0.717) is 6.07 Å². The molecule has 1 aromatic carbocycles. The maximum atomic E-state index is 11.1. The Labute approximate surface area is 112 Å². The Kier molecular flexibility index (Phi) is 4.92. The molecule has 0 radical (unpaired) electrons. The number of methoxy groups -OCH3 is 1. The average molecular weight is 285 g/mol. The van der Waals surface area contributed by atoms with E-state index < -0.39 is 32.8 Å². The third kappa shape index (κ3) is 3.38. The first-order valence-corrected chi connectivity index (χ1v) is 5.31. The lowest BCUT2D eigenvalue weighted by Crippen LogP contribution is -2.13. The molecule has 1 aromatic rings. The second kappa shape index (κ2) is 6.43. The zero-order valence-electron chi connectivity index (χ0n) is 10.4. The number of rotatable bonds is 7. The summed E-state index contributed by atoms with van der Waals surface area (Å²) in [6.07, 6.45) is 0. The van der Waals surface area contributed by atoms with Crippen LogP contribution in [0.15, 0.2) is 12.1 Å². The van der Waals surface area contributed by atoms with Gasteiger partial charge in [-0.2, -0.15) is 0 Å². The minimum atomic E-state index is -1.50. The Morgan fingerprint density at radius 3 is 2.45 bits per heavy atom. The quantitative estimate of drug-likeness (QED) is 0.432. The molecule has 108 valence electrons. The Morgan fingerprint density at radius 2 is 2.00 bits per heavy atom. The fourth-order valence-corrected chi connectivity index (χ4v) is 1.49. The third-order valence-corrected chi connectivity index (χ3v) is 2.35. The number of aromatic carboxylic acids is 1. The summed E-state index contributed by atoms with van der Waals surface area (Å²) in [5.41, 5.74) is -2.16. The first-order chi connectivity index (χ1) is 9.38. The summed E-state index contributed by atoms with van der Waals surface area (Å²) in [7, 11) is 1.41. The van der Waals surface area contributed by atoms with Crippen LogP contribution in [0.3, 0.4) is 0 Å². The largest absolute Gasteiger partial charge is 0.478 e. The molecule has 10 nitrogen and oxygen atoms in total. The molecule has 1 rings (SSSR count). The van der Waals surface area contributed by atoms with E-state index in [9.17, 15) is 25.0 Å². The molecule has 0 unspecified atom stereocenters. The van der Waals surface area contributed by atoms with Gasteiger partial charge in [-0.15, -0.1) is 0 Å².